The largest absolute Gasteiger partial charge is 0.497 e. The lowest BCUT2D eigenvalue weighted by Gasteiger charge is -2.25. The summed E-state index contributed by atoms with van der Waals surface area (Å²) in [6, 6.07) is 33.5. The zero-order chi connectivity index (χ0) is 55.3. The lowest BCUT2D eigenvalue weighted by atomic mass is 9.79. The Labute approximate surface area is 453 Å². The molecule has 78 heavy (non-hydrogen) atoms. The van der Waals surface area contributed by atoms with Crippen molar-refractivity contribution < 1.29 is 77.4 Å². The van der Waals surface area contributed by atoms with E-state index in [1.807, 2.05) is 98.8 Å². The van der Waals surface area contributed by atoms with Crippen molar-refractivity contribution >= 4 is 11.9 Å². The summed E-state index contributed by atoms with van der Waals surface area (Å²) in [7, 11) is 3.12. The van der Waals surface area contributed by atoms with Crippen molar-refractivity contribution in [3.63, 3.8) is 0 Å². The van der Waals surface area contributed by atoms with Gasteiger partial charge in [-0.15, -0.1) is 0 Å². The van der Waals surface area contributed by atoms with Gasteiger partial charge >= 0.3 is 11.9 Å². The summed E-state index contributed by atoms with van der Waals surface area (Å²) >= 11 is 0. The SMILES string of the molecule is CCCOc1ccc2c(c1)[C@@H](c1ccc(OC)cc1OCCO)[C@H](C(=O)O)[C@H]2c1ccc2c(c1)OCO2.CCCOc1ccc2c(c1)[C@@H](c1ccc(OC)cc1OCCO)[C@H](C(=O)O)[C@H]2c1ccc2c(c1)OCO2.NCCN. The minimum atomic E-state index is -0.927. The molecule has 0 saturated heterocycles. The number of rotatable bonds is 21. The highest BCUT2D eigenvalue weighted by atomic mass is 16.7. The molecule has 6 aromatic rings. The average Bonchev–Trinajstić information content (AvgIpc) is 4.33. The predicted molar refractivity (Wildman–Crippen MR) is 288 cm³/mol. The normalized spacial score (nSPS) is 18.8. The first-order valence-corrected chi connectivity index (χ1v) is 26.0. The van der Waals surface area contributed by atoms with Crippen LogP contribution in [-0.4, -0.2) is 113 Å². The van der Waals surface area contributed by atoms with E-state index >= 15 is 0 Å². The topological polar surface area (TPSA) is 259 Å². The Morgan fingerprint density at radius 2 is 0.846 bits per heavy atom. The lowest BCUT2D eigenvalue weighted by molar-refractivity contribution is -0.143. The van der Waals surface area contributed by atoms with Gasteiger partial charge in [0, 0.05) is 60.0 Å². The van der Waals surface area contributed by atoms with Crippen LogP contribution in [0.3, 0.4) is 0 Å². The Kier molecular flexibility index (Phi) is 19.1. The Hall–Kier alpha value is -7.90. The van der Waals surface area contributed by atoms with E-state index in [-0.39, 0.29) is 40.0 Å². The Morgan fingerprint density at radius 1 is 0.462 bits per heavy atom. The van der Waals surface area contributed by atoms with E-state index in [1.54, 1.807) is 38.5 Å². The first-order chi connectivity index (χ1) is 38.0. The summed E-state index contributed by atoms with van der Waals surface area (Å²) in [6.45, 7) is 6.47. The van der Waals surface area contributed by atoms with Crippen LogP contribution in [0.2, 0.25) is 0 Å². The first-order valence-electron chi connectivity index (χ1n) is 26.0. The molecule has 0 spiro atoms. The van der Waals surface area contributed by atoms with Gasteiger partial charge < -0.3 is 79.3 Å². The van der Waals surface area contributed by atoms with Gasteiger partial charge in [0.15, 0.2) is 23.0 Å². The summed E-state index contributed by atoms with van der Waals surface area (Å²) in [5, 5.41) is 40.1. The number of hydrogen-bond acceptors (Lipinski definition) is 16. The van der Waals surface area contributed by atoms with Gasteiger partial charge in [0.05, 0.1) is 52.5 Å². The average molecular weight is 1070 g/mol. The summed E-state index contributed by atoms with van der Waals surface area (Å²) < 4.78 is 56.6. The molecule has 2 heterocycles. The second kappa shape index (κ2) is 26.4. The molecule has 6 atom stereocenters. The molecule has 10 rings (SSSR count). The molecule has 0 unspecified atom stereocenters. The number of aliphatic hydroxyl groups excluding tert-OH is 2. The van der Waals surface area contributed by atoms with Crippen molar-refractivity contribution in [3.05, 3.63) is 154 Å². The van der Waals surface area contributed by atoms with Crippen molar-refractivity contribution in [2.24, 2.45) is 23.3 Å². The number of fused-ring (bicyclic) bond motifs is 4. The Bertz CT molecular complexity index is 2820. The molecule has 0 fully saturated rings. The fraction of sp³-hybridized carbons (Fsp3) is 0.367. The van der Waals surface area contributed by atoms with Crippen LogP contribution in [0.25, 0.3) is 0 Å². The van der Waals surface area contributed by atoms with Gasteiger partial charge in [0.2, 0.25) is 13.6 Å². The number of carbonyl (C=O) groups is 2. The minimum absolute atomic E-state index is 0.0721. The quantitative estimate of drug-likeness (QED) is 0.0399. The van der Waals surface area contributed by atoms with Crippen LogP contribution in [0.1, 0.15) is 94.9 Å². The number of methoxy groups -OCH3 is 2. The van der Waals surface area contributed by atoms with Crippen LogP contribution in [0.15, 0.2) is 109 Å². The molecule has 18 nitrogen and oxygen atoms in total. The van der Waals surface area contributed by atoms with Gasteiger partial charge in [-0.05, 0) is 107 Å². The van der Waals surface area contributed by atoms with Crippen molar-refractivity contribution in [2.75, 3.05) is 80.5 Å². The third-order valence-corrected chi connectivity index (χ3v) is 13.9. The van der Waals surface area contributed by atoms with E-state index in [0.29, 0.717) is 94.9 Å². The van der Waals surface area contributed by atoms with Crippen LogP contribution < -0.4 is 58.8 Å². The van der Waals surface area contributed by atoms with Gasteiger partial charge in [-0.3, -0.25) is 9.59 Å². The monoisotopic (exact) mass is 1070 g/mol. The molecular weight excluding hydrogens is 1000 g/mol. The molecule has 8 N–H and O–H groups in total. The van der Waals surface area contributed by atoms with Crippen LogP contribution in [0.4, 0.5) is 0 Å². The van der Waals surface area contributed by atoms with E-state index < -0.39 is 47.4 Å². The summed E-state index contributed by atoms with van der Waals surface area (Å²) in [4.78, 5) is 26.0. The fourth-order valence-electron chi connectivity index (χ4n) is 10.6. The van der Waals surface area contributed by atoms with E-state index in [1.165, 1.54) is 0 Å². The molecule has 0 bridgehead atoms. The van der Waals surface area contributed by atoms with Crippen molar-refractivity contribution in [2.45, 2.75) is 50.4 Å². The molecular formula is C60H68N2O16. The van der Waals surface area contributed by atoms with Gasteiger partial charge in [-0.2, -0.15) is 0 Å². The maximum absolute atomic E-state index is 13.0. The zero-order valence-corrected chi connectivity index (χ0v) is 44.2. The highest BCUT2D eigenvalue weighted by Crippen LogP contribution is 2.58. The number of hydrogen-bond donors (Lipinski definition) is 6. The van der Waals surface area contributed by atoms with Gasteiger partial charge in [0.1, 0.15) is 47.7 Å². The third kappa shape index (κ3) is 12.1. The Morgan fingerprint density at radius 3 is 1.21 bits per heavy atom. The first kappa shape index (κ1) is 56.3. The van der Waals surface area contributed by atoms with Gasteiger partial charge in [-0.1, -0.05) is 50.2 Å². The maximum Gasteiger partial charge on any atom is 0.308 e. The van der Waals surface area contributed by atoms with Crippen LogP contribution in [0.5, 0.6) is 57.5 Å². The molecule has 6 aromatic carbocycles. The molecule has 0 aromatic heterocycles. The molecule has 414 valence electrons. The van der Waals surface area contributed by atoms with Gasteiger partial charge in [-0.25, -0.2) is 0 Å². The predicted octanol–water partition coefficient (Wildman–Crippen LogP) is 8.03. The minimum Gasteiger partial charge on any atom is -0.497 e. The molecule has 0 amide bonds. The number of carboxylic acid groups (broad SMARTS) is 2. The third-order valence-electron chi connectivity index (χ3n) is 13.9. The molecule has 0 saturated carbocycles. The van der Waals surface area contributed by atoms with E-state index in [0.717, 1.165) is 46.2 Å². The highest BCUT2D eigenvalue weighted by molar-refractivity contribution is 5.80. The number of aliphatic carboxylic acids is 2. The number of ether oxygens (including phenoxy) is 10. The summed E-state index contributed by atoms with van der Waals surface area (Å²) in [5.41, 5.74) is 16.4. The highest BCUT2D eigenvalue weighted by Gasteiger charge is 2.49. The van der Waals surface area contributed by atoms with Crippen molar-refractivity contribution in [3.8, 4) is 57.5 Å². The van der Waals surface area contributed by atoms with E-state index in [2.05, 4.69) is 0 Å². The van der Waals surface area contributed by atoms with Gasteiger partial charge in [0.25, 0.3) is 0 Å². The number of benzene rings is 6. The summed E-state index contributed by atoms with van der Waals surface area (Å²) in [5.74, 6) is 0.493. The number of aliphatic hydroxyl groups is 2. The molecule has 0 radical (unpaired) electrons. The lowest BCUT2D eigenvalue weighted by Crippen LogP contribution is -2.24. The van der Waals surface area contributed by atoms with Crippen LogP contribution in [0, 0.1) is 11.8 Å². The molecule has 2 aliphatic heterocycles. The second-order valence-corrected chi connectivity index (χ2v) is 18.7. The Balaban J connectivity index is 0.000000193. The maximum atomic E-state index is 13.0. The van der Waals surface area contributed by atoms with E-state index in [4.69, 9.17) is 58.8 Å². The summed E-state index contributed by atoms with van der Waals surface area (Å²) in [6.07, 6.45) is 1.71. The fourth-order valence-corrected chi connectivity index (χ4v) is 10.6. The van der Waals surface area contributed by atoms with Crippen LogP contribution in [-0.2, 0) is 9.59 Å². The zero-order valence-electron chi connectivity index (χ0n) is 44.2. The second-order valence-electron chi connectivity index (χ2n) is 18.7. The van der Waals surface area contributed by atoms with E-state index in [9.17, 15) is 30.0 Å². The van der Waals surface area contributed by atoms with Crippen molar-refractivity contribution in [1.82, 2.24) is 0 Å². The smallest absolute Gasteiger partial charge is 0.308 e. The molecule has 18 heteroatoms. The number of carboxylic acids is 2. The number of nitrogens with two attached hydrogens (primary N) is 2. The van der Waals surface area contributed by atoms with Crippen LogP contribution >= 0.6 is 0 Å². The molecule has 4 aliphatic rings. The molecule has 2 aliphatic carbocycles. The van der Waals surface area contributed by atoms with Crippen molar-refractivity contribution in [1.29, 1.82) is 0 Å². The standard InChI is InChI=1S/2C29H30O8.C2H8N2/c2*1-3-11-34-19-6-7-20-22(14-19)27(21-8-5-18(33-2)15-24(21)35-12-10-30)28(29(31)32)26(20)17-4-9-23-25(13-17)37-16-36-23;3-1-2-4/h2*4-9,13-15,26-28,30H,3,10-12,16H2,1-2H3,(H,31,32);1-4H2/t2*26-,27+,28+;/m00./s1.